The molecule has 3 heterocycles. The van der Waals surface area contributed by atoms with E-state index in [1.54, 1.807) is 44.2 Å². The Morgan fingerprint density at radius 2 is 1.85 bits per heavy atom. The van der Waals surface area contributed by atoms with Crippen LogP contribution in [0.5, 0.6) is 11.5 Å². The summed E-state index contributed by atoms with van der Waals surface area (Å²) in [5.41, 5.74) is 2.10. The number of rotatable bonds is 5. The normalized spacial score (nSPS) is 18.0. The van der Waals surface area contributed by atoms with Gasteiger partial charge in [-0.25, -0.2) is 9.37 Å². The lowest BCUT2D eigenvalue weighted by Gasteiger charge is -2.26. The van der Waals surface area contributed by atoms with Crippen molar-refractivity contribution in [2.45, 2.75) is 26.3 Å². The fraction of sp³-hybridized carbons (Fsp3) is 0.333. The standard InChI is InChI=1S/C24H25FN6O3/c1-13-5-6-17(31-26-8-9-27-31)20(21(13)25)24(32)30-10-7-14(2)22(30)23-28-15-11-18(33-3)19(34-4)12-16(15)29-23/h5-6,8-9,11-12,14,22H,7,10H2,1-4H3,(H,28,29)/t14-,22-/m0/s1. The number of methoxy groups -OCH3 is 2. The number of hydrogen-bond acceptors (Lipinski definition) is 6. The lowest BCUT2D eigenvalue weighted by atomic mass is 10.0. The summed E-state index contributed by atoms with van der Waals surface area (Å²) in [6.45, 7) is 4.18. The van der Waals surface area contributed by atoms with Crippen LogP contribution in [0, 0.1) is 18.7 Å². The third-order valence-corrected chi connectivity index (χ3v) is 6.41. The van der Waals surface area contributed by atoms with Crippen LogP contribution in [0.1, 0.15) is 41.1 Å². The maximum Gasteiger partial charge on any atom is 0.259 e. The SMILES string of the molecule is COc1cc2nc([C@@H]3[C@@H](C)CCN3C(=O)c3c(-n4nccn4)ccc(C)c3F)[nH]c2cc1OC. The van der Waals surface area contributed by atoms with Gasteiger partial charge in [0.15, 0.2) is 11.5 Å². The van der Waals surface area contributed by atoms with Gasteiger partial charge in [-0.2, -0.15) is 15.0 Å². The van der Waals surface area contributed by atoms with Gasteiger partial charge in [-0.1, -0.05) is 13.0 Å². The summed E-state index contributed by atoms with van der Waals surface area (Å²) in [5.74, 6) is 0.910. The van der Waals surface area contributed by atoms with Crippen molar-refractivity contribution >= 4 is 16.9 Å². The minimum Gasteiger partial charge on any atom is -0.493 e. The largest absolute Gasteiger partial charge is 0.493 e. The first-order valence-electron chi connectivity index (χ1n) is 11.0. The molecule has 34 heavy (non-hydrogen) atoms. The number of nitrogens with one attached hydrogen (secondary N) is 1. The monoisotopic (exact) mass is 464 g/mol. The zero-order chi connectivity index (χ0) is 24.0. The first kappa shape index (κ1) is 21.9. The number of fused-ring (bicyclic) bond motifs is 1. The zero-order valence-corrected chi connectivity index (χ0v) is 19.4. The van der Waals surface area contributed by atoms with Gasteiger partial charge in [0.1, 0.15) is 22.9 Å². The molecule has 1 amide bonds. The van der Waals surface area contributed by atoms with Gasteiger partial charge < -0.3 is 19.4 Å². The van der Waals surface area contributed by atoms with Crippen molar-refractivity contribution in [2.24, 2.45) is 5.92 Å². The van der Waals surface area contributed by atoms with Gasteiger partial charge in [-0.3, -0.25) is 4.79 Å². The first-order chi connectivity index (χ1) is 16.4. The molecule has 1 fully saturated rings. The predicted octanol–water partition coefficient (Wildman–Crippen LogP) is 3.83. The number of H-pyrrole nitrogens is 1. The third kappa shape index (κ3) is 3.46. The number of ether oxygens (including phenoxy) is 2. The highest BCUT2D eigenvalue weighted by Crippen LogP contribution is 2.39. The molecule has 1 aliphatic rings. The number of amides is 1. The van der Waals surface area contributed by atoms with Crippen molar-refractivity contribution in [1.29, 1.82) is 0 Å². The van der Waals surface area contributed by atoms with Crippen molar-refractivity contribution < 1.29 is 18.7 Å². The summed E-state index contributed by atoms with van der Waals surface area (Å²) in [7, 11) is 3.14. The molecule has 5 rings (SSSR count). The van der Waals surface area contributed by atoms with Gasteiger partial charge in [-0.15, -0.1) is 0 Å². The zero-order valence-electron chi connectivity index (χ0n) is 19.4. The number of imidazole rings is 1. The third-order valence-electron chi connectivity index (χ3n) is 6.41. The van der Waals surface area contributed by atoms with Crippen molar-refractivity contribution in [2.75, 3.05) is 20.8 Å². The number of hydrogen-bond donors (Lipinski definition) is 1. The Hall–Kier alpha value is -3.95. The van der Waals surface area contributed by atoms with Crippen LogP contribution < -0.4 is 9.47 Å². The molecule has 2 aromatic carbocycles. The summed E-state index contributed by atoms with van der Waals surface area (Å²) in [6, 6.07) is 6.55. The van der Waals surface area contributed by atoms with Gasteiger partial charge >= 0.3 is 0 Å². The molecule has 0 bridgehead atoms. The molecule has 0 radical (unpaired) electrons. The van der Waals surface area contributed by atoms with E-state index in [0.29, 0.717) is 40.6 Å². The smallest absolute Gasteiger partial charge is 0.259 e. The number of halogens is 1. The number of likely N-dealkylation sites (tertiary alicyclic amines) is 1. The second-order valence-corrected chi connectivity index (χ2v) is 8.46. The molecule has 1 N–H and O–H groups in total. The van der Waals surface area contributed by atoms with Crippen molar-refractivity contribution in [3.8, 4) is 17.2 Å². The second-order valence-electron chi connectivity index (χ2n) is 8.46. The molecule has 2 atom stereocenters. The Kier molecular flexibility index (Phi) is 5.43. The first-order valence-corrected chi connectivity index (χ1v) is 11.0. The molecule has 9 nitrogen and oxygen atoms in total. The topological polar surface area (TPSA) is 98.2 Å². The number of carbonyl (C=O) groups is 1. The Bertz CT molecular complexity index is 1330. The van der Waals surface area contributed by atoms with Gasteiger partial charge in [0.05, 0.1) is 43.7 Å². The molecule has 0 aliphatic carbocycles. The lowest BCUT2D eigenvalue weighted by Crippen LogP contribution is -2.34. The summed E-state index contributed by atoms with van der Waals surface area (Å²) in [5, 5.41) is 8.21. The minimum atomic E-state index is -0.572. The van der Waals surface area contributed by atoms with Gasteiger partial charge in [0.25, 0.3) is 5.91 Å². The lowest BCUT2D eigenvalue weighted by molar-refractivity contribution is 0.0709. The second kappa shape index (κ2) is 8.44. The van der Waals surface area contributed by atoms with E-state index in [9.17, 15) is 4.79 Å². The molecular formula is C24H25FN6O3. The molecule has 0 spiro atoms. The van der Waals surface area contributed by atoms with Gasteiger partial charge in [-0.05, 0) is 30.9 Å². The van der Waals surface area contributed by atoms with Gasteiger partial charge in [0, 0.05) is 18.7 Å². The molecule has 2 aromatic heterocycles. The van der Waals surface area contributed by atoms with Crippen LogP contribution in [0.3, 0.4) is 0 Å². The Morgan fingerprint density at radius 1 is 1.15 bits per heavy atom. The van der Waals surface area contributed by atoms with Crippen LogP contribution in [0.25, 0.3) is 16.7 Å². The van der Waals surface area contributed by atoms with Crippen LogP contribution in [-0.4, -0.2) is 56.5 Å². The fourth-order valence-corrected chi connectivity index (χ4v) is 4.61. The molecule has 1 aliphatic heterocycles. The number of nitrogens with zero attached hydrogens (tertiary/aromatic N) is 5. The van der Waals surface area contributed by atoms with E-state index < -0.39 is 11.7 Å². The van der Waals surface area contributed by atoms with E-state index in [0.717, 1.165) is 11.9 Å². The predicted molar refractivity (Wildman–Crippen MR) is 123 cm³/mol. The Balaban J connectivity index is 1.58. The van der Waals surface area contributed by atoms with Crippen LogP contribution in [-0.2, 0) is 0 Å². The average Bonchev–Trinajstić information content (AvgIpc) is 3.58. The molecule has 10 heteroatoms. The highest BCUT2D eigenvalue weighted by molar-refractivity contribution is 5.98. The Morgan fingerprint density at radius 3 is 2.56 bits per heavy atom. The molecule has 4 aromatic rings. The highest BCUT2D eigenvalue weighted by Gasteiger charge is 2.40. The minimum absolute atomic E-state index is 0.0465. The van der Waals surface area contributed by atoms with E-state index in [1.807, 2.05) is 6.07 Å². The van der Waals surface area contributed by atoms with E-state index in [2.05, 4.69) is 22.1 Å². The van der Waals surface area contributed by atoms with Crippen molar-refractivity contribution in [3.63, 3.8) is 0 Å². The average molecular weight is 465 g/mol. The maximum absolute atomic E-state index is 15.4. The van der Waals surface area contributed by atoms with Crippen LogP contribution in [0.2, 0.25) is 0 Å². The quantitative estimate of drug-likeness (QED) is 0.482. The molecule has 0 unspecified atom stereocenters. The van der Waals surface area contributed by atoms with Gasteiger partial charge in [0.2, 0.25) is 0 Å². The summed E-state index contributed by atoms with van der Waals surface area (Å²) < 4.78 is 26.1. The summed E-state index contributed by atoms with van der Waals surface area (Å²) >= 11 is 0. The van der Waals surface area contributed by atoms with Crippen LogP contribution in [0.15, 0.2) is 36.7 Å². The Labute approximate surface area is 195 Å². The number of carbonyl (C=O) groups excluding carboxylic acids is 1. The van der Waals surface area contributed by atoms with E-state index in [4.69, 9.17) is 14.5 Å². The number of aryl methyl sites for hydroxylation is 1. The van der Waals surface area contributed by atoms with E-state index in [1.165, 1.54) is 17.2 Å². The van der Waals surface area contributed by atoms with Crippen LogP contribution in [0.4, 0.5) is 4.39 Å². The molecule has 1 saturated heterocycles. The summed E-state index contributed by atoms with van der Waals surface area (Å²) in [4.78, 5) is 24.9. The van der Waals surface area contributed by atoms with Crippen molar-refractivity contribution in [1.82, 2.24) is 29.9 Å². The van der Waals surface area contributed by atoms with Crippen molar-refractivity contribution in [3.05, 3.63) is 59.4 Å². The molecule has 0 saturated carbocycles. The number of benzene rings is 2. The maximum atomic E-state index is 15.4. The van der Waals surface area contributed by atoms with E-state index in [-0.39, 0.29) is 17.5 Å². The van der Waals surface area contributed by atoms with E-state index >= 15 is 4.39 Å². The molecular weight excluding hydrogens is 439 g/mol. The number of aromatic nitrogens is 5. The van der Waals surface area contributed by atoms with Crippen LogP contribution >= 0.6 is 0 Å². The number of aromatic amines is 1. The highest BCUT2D eigenvalue weighted by atomic mass is 19.1. The fourth-order valence-electron chi connectivity index (χ4n) is 4.61. The molecule has 176 valence electrons. The summed E-state index contributed by atoms with van der Waals surface area (Å²) in [6.07, 6.45) is 3.75.